The van der Waals surface area contributed by atoms with Crippen LogP contribution in [0.1, 0.15) is 21.5 Å². The minimum atomic E-state index is -3.66. The number of aryl methyl sites for hydroxylation is 1. The molecule has 8 heteroatoms. The van der Waals surface area contributed by atoms with Gasteiger partial charge in [-0.05, 0) is 42.3 Å². The molecule has 0 N–H and O–H groups in total. The summed E-state index contributed by atoms with van der Waals surface area (Å²) in [5.74, 6) is -0.221. The highest BCUT2D eigenvalue weighted by atomic mass is 79.9. The zero-order valence-electron chi connectivity index (χ0n) is 15.9. The molecule has 1 aliphatic rings. The predicted molar refractivity (Wildman–Crippen MR) is 111 cm³/mol. The van der Waals surface area contributed by atoms with Gasteiger partial charge < -0.3 is 9.64 Å². The maximum Gasteiger partial charge on any atom is 0.253 e. The van der Waals surface area contributed by atoms with Gasteiger partial charge in [0.2, 0.25) is 10.0 Å². The SMILES string of the molecule is Cc1ccc(C(=O)N(C)Cc2ccc(Br)cc2)cc1S(=O)(=O)N1CCOCC1. The Bertz CT molecular complexity index is 955. The molecule has 1 heterocycles. The third kappa shape index (κ3) is 4.63. The number of benzene rings is 2. The van der Waals surface area contributed by atoms with E-state index in [0.717, 1.165) is 10.0 Å². The van der Waals surface area contributed by atoms with E-state index in [1.165, 1.54) is 10.4 Å². The molecule has 0 aromatic heterocycles. The number of morpholine rings is 1. The third-order valence-electron chi connectivity index (χ3n) is 4.70. The summed E-state index contributed by atoms with van der Waals surface area (Å²) in [7, 11) is -1.95. The summed E-state index contributed by atoms with van der Waals surface area (Å²) < 4.78 is 33.7. The first-order chi connectivity index (χ1) is 13.3. The van der Waals surface area contributed by atoms with Crippen molar-refractivity contribution in [3.63, 3.8) is 0 Å². The summed E-state index contributed by atoms with van der Waals surface area (Å²) in [5, 5.41) is 0. The second kappa shape index (κ2) is 8.73. The zero-order valence-corrected chi connectivity index (χ0v) is 18.3. The fraction of sp³-hybridized carbons (Fsp3) is 0.350. The maximum absolute atomic E-state index is 13.0. The minimum Gasteiger partial charge on any atom is -0.379 e. The van der Waals surface area contributed by atoms with Gasteiger partial charge in [0.15, 0.2) is 0 Å². The van der Waals surface area contributed by atoms with Gasteiger partial charge in [-0.25, -0.2) is 8.42 Å². The highest BCUT2D eigenvalue weighted by molar-refractivity contribution is 9.10. The van der Waals surface area contributed by atoms with E-state index in [0.29, 0.717) is 44.0 Å². The Hall–Kier alpha value is -1.74. The van der Waals surface area contributed by atoms with Crippen LogP contribution in [0.15, 0.2) is 51.8 Å². The van der Waals surface area contributed by atoms with E-state index < -0.39 is 10.0 Å². The molecule has 0 spiro atoms. The number of carbonyl (C=O) groups is 1. The van der Waals surface area contributed by atoms with E-state index in [1.807, 2.05) is 24.3 Å². The lowest BCUT2D eigenvalue weighted by atomic mass is 10.1. The van der Waals surface area contributed by atoms with Gasteiger partial charge in [0.25, 0.3) is 5.91 Å². The van der Waals surface area contributed by atoms with Crippen LogP contribution in [0.4, 0.5) is 0 Å². The van der Waals surface area contributed by atoms with E-state index in [-0.39, 0.29) is 10.8 Å². The van der Waals surface area contributed by atoms with Crippen LogP contribution in [0.5, 0.6) is 0 Å². The smallest absolute Gasteiger partial charge is 0.253 e. The summed E-state index contributed by atoms with van der Waals surface area (Å²) >= 11 is 3.39. The normalized spacial score (nSPS) is 15.4. The molecule has 0 radical (unpaired) electrons. The summed E-state index contributed by atoms with van der Waals surface area (Å²) in [6, 6.07) is 12.6. The standard InChI is InChI=1S/C20H23BrN2O4S/c1-15-3-6-17(13-19(15)28(25,26)23-9-11-27-12-10-23)20(24)22(2)14-16-4-7-18(21)8-5-16/h3-8,13H,9-12,14H2,1-2H3. The fourth-order valence-corrected chi connectivity index (χ4v) is 5.02. The van der Waals surface area contributed by atoms with Crippen molar-refractivity contribution in [3.05, 3.63) is 63.6 Å². The largest absolute Gasteiger partial charge is 0.379 e. The van der Waals surface area contributed by atoms with Gasteiger partial charge in [0.1, 0.15) is 0 Å². The van der Waals surface area contributed by atoms with Crippen LogP contribution < -0.4 is 0 Å². The van der Waals surface area contributed by atoms with Crippen LogP contribution >= 0.6 is 15.9 Å². The van der Waals surface area contributed by atoms with E-state index in [4.69, 9.17) is 4.74 Å². The lowest BCUT2D eigenvalue weighted by Crippen LogP contribution is -2.41. The average molecular weight is 467 g/mol. The third-order valence-corrected chi connectivity index (χ3v) is 7.27. The summed E-state index contributed by atoms with van der Waals surface area (Å²) in [6.45, 7) is 3.59. The Morgan fingerprint density at radius 2 is 1.79 bits per heavy atom. The Morgan fingerprint density at radius 1 is 1.14 bits per heavy atom. The molecule has 0 saturated carbocycles. The molecule has 1 amide bonds. The van der Waals surface area contributed by atoms with Crippen LogP contribution in [-0.4, -0.2) is 56.9 Å². The first-order valence-corrected chi connectivity index (χ1v) is 11.2. The lowest BCUT2D eigenvalue weighted by molar-refractivity contribution is 0.0730. The van der Waals surface area contributed by atoms with Crippen molar-refractivity contribution in [1.82, 2.24) is 9.21 Å². The van der Waals surface area contributed by atoms with Gasteiger partial charge in [-0.1, -0.05) is 34.1 Å². The van der Waals surface area contributed by atoms with Crippen LogP contribution in [0.25, 0.3) is 0 Å². The van der Waals surface area contributed by atoms with E-state index in [1.54, 1.807) is 31.0 Å². The molecule has 28 heavy (non-hydrogen) atoms. The number of nitrogens with zero attached hydrogens (tertiary/aromatic N) is 2. The molecule has 3 rings (SSSR count). The van der Waals surface area contributed by atoms with Crippen molar-refractivity contribution in [2.45, 2.75) is 18.4 Å². The molecular weight excluding hydrogens is 444 g/mol. The number of carbonyl (C=O) groups excluding carboxylic acids is 1. The van der Waals surface area contributed by atoms with Crippen molar-refractivity contribution >= 4 is 31.9 Å². The Labute approximate surface area is 174 Å². The summed E-state index contributed by atoms with van der Waals surface area (Å²) in [5.41, 5.74) is 1.97. The molecule has 1 aliphatic heterocycles. The average Bonchev–Trinajstić information content (AvgIpc) is 2.70. The fourth-order valence-electron chi connectivity index (χ4n) is 3.09. The molecule has 0 bridgehead atoms. The van der Waals surface area contributed by atoms with Crippen LogP contribution in [0.3, 0.4) is 0 Å². The van der Waals surface area contributed by atoms with E-state index in [9.17, 15) is 13.2 Å². The summed E-state index contributed by atoms with van der Waals surface area (Å²) in [4.78, 5) is 14.6. The molecule has 150 valence electrons. The first kappa shape index (κ1) is 21.0. The number of hydrogen-bond acceptors (Lipinski definition) is 4. The molecule has 1 saturated heterocycles. The molecule has 2 aromatic rings. The quantitative estimate of drug-likeness (QED) is 0.678. The molecule has 2 aromatic carbocycles. The molecule has 0 atom stereocenters. The van der Waals surface area contributed by atoms with Crippen LogP contribution in [0, 0.1) is 6.92 Å². The molecular formula is C20H23BrN2O4S. The molecule has 0 aliphatic carbocycles. The lowest BCUT2D eigenvalue weighted by Gasteiger charge is -2.27. The van der Waals surface area contributed by atoms with Gasteiger partial charge in [-0.2, -0.15) is 4.31 Å². The van der Waals surface area contributed by atoms with Gasteiger partial charge in [0, 0.05) is 36.7 Å². The molecule has 6 nitrogen and oxygen atoms in total. The van der Waals surface area contributed by atoms with Crippen LogP contribution in [0.2, 0.25) is 0 Å². The number of rotatable bonds is 5. The minimum absolute atomic E-state index is 0.178. The zero-order chi connectivity index (χ0) is 20.3. The second-order valence-electron chi connectivity index (χ2n) is 6.78. The van der Waals surface area contributed by atoms with Crippen molar-refractivity contribution in [2.24, 2.45) is 0 Å². The number of halogens is 1. The maximum atomic E-state index is 13.0. The Kier molecular flexibility index (Phi) is 6.54. The van der Waals surface area contributed by atoms with Crippen molar-refractivity contribution < 1.29 is 17.9 Å². The van der Waals surface area contributed by atoms with Crippen LogP contribution in [-0.2, 0) is 21.3 Å². The Balaban J connectivity index is 1.83. The predicted octanol–water partition coefficient (Wildman–Crippen LogP) is 3.05. The number of sulfonamides is 1. The van der Waals surface area contributed by atoms with Crippen molar-refractivity contribution in [3.8, 4) is 0 Å². The summed E-state index contributed by atoms with van der Waals surface area (Å²) in [6.07, 6.45) is 0. The second-order valence-corrected chi connectivity index (χ2v) is 9.61. The van der Waals surface area contributed by atoms with Crippen molar-refractivity contribution in [2.75, 3.05) is 33.4 Å². The Morgan fingerprint density at radius 3 is 2.43 bits per heavy atom. The monoisotopic (exact) mass is 466 g/mol. The van der Waals surface area contributed by atoms with Crippen molar-refractivity contribution in [1.29, 1.82) is 0 Å². The number of amides is 1. The first-order valence-electron chi connectivity index (χ1n) is 8.97. The highest BCUT2D eigenvalue weighted by Crippen LogP contribution is 2.23. The van der Waals surface area contributed by atoms with Gasteiger partial charge in [0.05, 0.1) is 18.1 Å². The topological polar surface area (TPSA) is 66.9 Å². The molecule has 1 fully saturated rings. The van der Waals surface area contributed by atoms with Gasteiger partial charge in [-0.15, -0.1) is 0 Å². The van der Waals surface area contributed by atoms with E-state index in [2.05, 4.69) is 15.9 Å². The van der Waals surface area contributed by atoms with Gasteiger partial charge >= 0.3 is 0 Å². The highest BCUT2D eigenvalue weighted by Gasteiger charge is 2.28. The van der Waals surface area contributed by atoms with Gasteiger partial charge in [-0.3, -0.25) is 4.79 Å². The van der Waals surface area contributed by atoms with E-state index >= 15 is 0 Å². The number of ether oxygens (including phenoxy) is 1. The number of hydrogen-bond donors (Lipinski definition) is 0. The molecule has 0 unspecified atom stereocenters.